The number of carbonyl (C=O) groups is 2. The fourth-order valence-corrected chi connectivity index (χ4v) is 2.28. The molecule has 31 heavy (non-hydrogen) atoms. The minimum atomic E-state index is -0.410. The minimum absolute atomic E-state index is 0.293. The summed E-state index contributed by atoms with van der Waals surface area (Å²) in [5.41, 5.74) is 2.84. The van der Waals surface area contributed by atoms with Crippen molar-refractivity contribution in [2.75, 3.05) is 20.3 Å². The van der Waals surface area contributed by atoms with Crippen LogP contribution in [0.3, 0.4) is 0 Å². The van der Waals surface area contributed by atoms with Crippen molar-refractivity contribution in [1.82, 2.24) is 10.1 Å². The van der Waals surface area contributed by atoms with Gasteiger partial charge in [-0.3, -0.25) is 4.79 Å². The van der Waals surface area contributed by atoms with Crippen LogP contribution in [0.25, 0.3) is 22.8 Å². The quantitative estimate of drug-likeness (QED) is 0.243. The van der Waals surface area contributed by atoms with E-state index in [0.717, 1.165) is 17.2 Å². The maximum atomic E-state index is 10.9. The standard InChI is InChI=1S/C17H14N2O3.C6H10O3/c1-11-3-5-13(6-4-11)16-18-17(22-19-16)14-7-9-15(10-8-14)21-12(2)20;1-3-6(7)9-5-4-8-2/h3-10H,1-2H3;3H,1,4-5H2,2H3. The van der Waals surface area contributed by atoms with Gasteiger partial charge in [0.1, 0.15) is 12.4 Å². The first kappa shape index (κ1) is 23.5. The molecule has 0 aliphatic heterocycles. The van der Waals surface area contributed by atoms with Gasteiger partial charge in [0.25, 0.3) is 5.89 Å². The molecular weight excluding hydrogens is 400 g/mol. The van der Waals surface area contributed by atoms with E-state index in [1.54, 1.807) is 31.4 Å². The first-order valence-electron chi connectivity index (χ1n) is 9.40. The summed E-state index contributed by atoms with van der Waals surface area (Å²) in [5.74, 6) is 0.679. The summed E-state index contributed by atoms with van der Waals surface area (Å²) in [6.45, 7) is 7.33. The van der Waals surface area contributed by atoms with Crippen LogP contribution in [0.1, 0.15) is 12.5 Å². The van der Waals surface area contributed by atoms with Crippen molar-refractivity contribution in [3.8, 4) is 28.6 Å². The van der Waals surface area contributed by atoms with Gasteiger partial charge in [0, 0.05) is 31.2 Å². The number of aryl methyl sites for hydroxylation is 1. The second-order valence-electron chi connectivity index (χ2n) is 6.27. The second-order valence-corrected chi connectivity index (χ2v) is 6.27. The average Bonchev–Trinajstić information content (AvgIpc) is 3.25. The van der Waals surface area contributed by atoms with Gasteiger partial charge in [-0.05, 0) is 31.2 Å². The Labute approximate surface area is 180 Å². The van der Waals surface area contributed by atoms with Gasteiger partial charge in [-0.2, -0.15) is 4.98 Å². The largest absolute Gasteiger partial charge is 0.460 e. The molecule has 0 aliphatic carbocycles. The van der Waals surface area contributed by atoms with Crippen molar-refractivity contribution in [2.24, 2.45) is 0 Å². The number of hydrogen-bond donors (Lipinski definition) is 0. The second kappa shape index (κ2) is 12.0. The van der Waals surface area contributed by atoms with Gasteiger partial charge in [0.15, 0.2) is 0 Å². The zero-order valence-corrected chi connectivity index (χ0v) is 17.7. The topological polar surface area (TPSA) is 101 Å². The van der Waals surface area contributed by atoms with Crippen LogP contribution in [0.2, 0.25) is 0 Å². The van der Waals surface area contributed by atoms with Crippen LogP contribution < -0.4 is 4.74 Å². The average molecular weight is 424 g/mol. The van der Waals surface area contributed by atoms with Crippen molar-refractivity contribution >= 4 is 11.9 Å². The van der Waals surface area contributed by atoms with E-state index in [-0.39, 0.29) is 5.97 Å². The first-order valence-corrected chi connectivity index (χ1v) is 9.40. The highest BCUT2D eigenvalue weighted by atomic mass is 16.6. The number of carbonyl (C=O) groups excluding carboxylic acids is 2. The Morgan fingerprint density at radius 1 is 1.03 bits per heavy atom. The number of esters is 2. The van der Waals surface area contributed by atoms with E-state index < -0.39 is 5.97 Å². The smallest absolute Gasteiger partial charge is 0.330 e. The van der Waals surface area contributed by atoms with E-state index in [9.17, 15) is 9.59 Å². The van der Waals surface area contributed by atoms with Crippen LogP contribution in [0, 0.1) is 6.92 Å². The summed E-state index contributed by atoms with van der Waals surface area (Å²) in [6, 6.07) is 14.8. The van der Waals surface area contributed by atoms with Crippen molar-refractivity contribution < 1.29 is 28.3 Å². The maximum absolute atomic E-state index is 10.9. The summed E-state index contributed by atoms with van der Waals surface area (Å²) in [4.78, 5) is 25.6. The van der Waals surface area contributed by atoms with Gasteiger partial charge in [-0.1, -0.05) is 41.6 Å². The SMILES string of the molecule is C=CC(=O)OCCOC.CC(=O)Oc1ccc(-c2nc(-c3ccc(C)cc3)no2)cc1. The van der Waals surface area contributed by atoms with Gasteiger partial charge >= 0.3 is 11.9 Å². The lowest BCUT2D eigenvalue weighted by molar-refractivity contribution is -0.139. The Morgan fingerprint density at radius 2 is 1.68 bits per heavy atom. The lowest BCUT2D eigenvalue weighted by Crippen LogP contribution is -2.06. The van der Waals surface area contributed by atoms with Crippen LogP contribution in [0.4, 0.5) is 0 Å². The molecule has 0 saturated heterocycles. The van der Waals surface area contributed by atoms with Crippen LogP contribution >= 0.6 is 0 Å². The van der Waals surface area contributed by atoms with E-state index in [0.29, 0.717) is 30.7 Å². The Kier molecular flexibility index (Phi) is 9.13. The van der Waals surface area contributed by atoms with Crippen LogP contribution in [-0.2, 0) is 19.1 Å². The molecule has 2 aromatic carbocycles. The van der Waals surface area contributed by atoms with Crippen molar-refractivity contribution in [1.29, 1.82) is 0 Å². The zero-order valence-electron chi connectivity index (χ0n) is 17.7. The molecule has 0 aliphatic rings. The highest BCUT2D eigenvalue weighted by Gasteiger charge is 2.10. The van der Waals surface area contributed by atoms with Crippen LogP contribution in [0.5, 0.6) is 5.75 Å². The van der Waals surface area contributed by atoms with E-state index in [1.165, 1.54) is 12.5 Å². The number of benzene rings is 2. The van der Waals surface area contributed by atoms with E-state index in [4.69, 9.17) is 9.26 Å². The molecule has 0 radical (unpaired) electrons. The third-order valence-electron chi connectivity index (χ3n) is 3.80. The number of hydrogen-bond acceptors (Lipinski definition) is 8. The van der Waals surface area contributed by atoms with Crippen LogP contribution in [-0.4, -0.2) is 42.4 Å². The molecular formula is C23H24N2O6. The Balaban J connectivity index is 0.000000323. The Bertz CT molecular complexity index is 994. The summed E-state index contributed by atoms with van der Waals surface area (Å²) in [6.07, 6.45) is 1.12. The fraction of sp³-hybridized carbons (Fsp3) is 0.217. The van der Waals surface area contributed by atoms with Gasteiger partial charge in [0.05, 0.1) is 6.61 Å². The number of rotatable bonds is 7. The molecule has 0 bridgehead atoms. The summed E-state index contributed by atoms with van der Waals surface area (Å²) >= 11 is 0. The van der Waals surface area contributed by atoms with Crippen molar-refractivity contribution in [3.63, 3.8) is 0 Å². The minimum Gasteiger partial charge on any atom is -0.460 e. The highest BCUT2D eigenvalue weighted by molar-refractivity contribution is 5.81. The molecule has 0 atom stereocenters. The normalized spacial score (nSPS) is 9.90. The Hall–Kier alpha value is -3.78. The lowest BCUT2D eigenvalue weighted by Gasteiger charge is -2.00. The molecule has 1 aromatic heterocycles. The number of aromatic nitrogens is 2. The lowest BCUT2D eigenvalue weighted by atomic mass is 10.1. The van der Waals surface area contributed by atoms with E-state index >= 15 is 0 Å². The molecule has 8 heteroatoms. The zero-order chi connectivity index (χ0) is 22.6. The summed E-state index contributed by atoms with van der Waals surface area (Å²) < 4.78 is 19.4. The van der Waals surface area contributed by atoms with Gasteiger partial charge < -0.3 is 18.7 Å². The molecule has 0 spiro atoms. The molecule has 3 rings (SSSR count). The van der Waals surface area contributed by atoms with E-state index in [1.807, 2.05) is 31.2 Å². The first-order chi connectivity index (χ1) is 14.9. The predicted octanol–water partition coefficient (Wildman–Crippen LogP) is 4.00. The van der Waals surface area contributed by atoms with Gasteiger partial charge in [-0.15, -0.1) is 0 Å². The third-order valence-corrected chi connectivity index (χ3v) is 3.80. The van der Waals surface area contributed by atoms with Gasteiger partial charge in [-0.25, -0.2) is 4.79 Å². The Morgan fingerprint density at radius 3 is 2.26 bits per heavy atom. The van der Waals surface area contributed by atoms with Crippen molar-refractivity contribution in [2.45, 2.75) is 13.8 Å². The number of ether oxygens (including phenoxy) is 3. The fourth-order valence-electron chi connectivity index (χ4n) is 2.28. The molecule has 8 nitrogen and oxygen atoms in total. The number of methoxy groups -OCH3 is 1. The van der Waals surface area contributed by atoms with E-state index in [2.05, 4.69) is 26.2 Å². The molecule has 3 aromatic rings. The maximum Gasteiger partial charge on any atom is 0.330 e. The van der Waals surface area contributed by atoms with Crippen molar-refractivity contribution in [3.05, 3.63) is 66.7 Å². The number of nitrogens with zero attached hydrogens (tertiary/aromatic N) is 2. The molecule has 0 saturated carbocycles. The molecule has 0 N–H and O–H groups in total. The molecule has 162 valence electrons. The molecule has 0 amide bonds. The molecule has 1 heterocycles. The molecule has 0 unspecified atom stereocenters. The highest BCUT2D eigenvalue weighted by Crippen LogP contribution is 2.24. The third kappa shape index (κ3) is 7.87. The monoisotopic (exact) mass is 424 g/mol. The summed E-state index contributed by atoms with van der Waals surface area (Å²) in [7, 11) is 1.54. The predicted molar refractivity (Wildman–Crippen MR) is 114 cm³/mol. The molecule has 0 fully saturated rings. The van der Waals surface area contributed by atoms with Crippen LogP contribution in [0.15, 0.2) is 65.7 Å². The summed E-state index contributed by atoms with van der Waals surface area (Å²) in [5, 5.41) is 3.99. The van der Waals surface area contributed by atoms with Gasteiger partial charge in [0.2, 0.25) is 5.82 Å².